The van der Waals surface area contributed by atoms with Gasteiger partial charge in [-0.25, -0.2) is 0 Å². The number of carbonyl (C=O) groups is 2. The van der Waals surface area contributed by atoms with Crippen LogP contribution in [0.5, 0.6) is 0 Å². The van der Waals surface area contributed by atoms with Crippen LogP contribution in [0, 0.1) is 0 Å². The van der Waals surface area contributed by atoms with Crippen LogP contribution >= 0.6 is 7.82 Å². The standard InChI is InChI=1S/C71H134NO8P/c1-6-8-10-12-14-16-18-20-22-24-26-27-28-29-30-31-32-33-34-35-36-37-38-39-40-41-42-43-44-45-46-48-50-52-54-56-58-60-62-64-71(74)80-69(68-79-81(75,76)78-66-65-72(3,4)5)67-77-70(73)63-61-59-57-55-53-51-49-47-25-23-21-19-17-15-13-11-9-7-2/h18,20,23-26,28-29,69H,6-17,19,21-22,27,30-68H2,1-5H3/b20-18-,25-23-,26-24-,29-28-. The molecule has 0 aliphatic rings. The highest BCUT2D eigenvalue weighted by Gasteiger charge is 2.22. The van der Waals surface area contributed by atoms with Crippen molar-refractivity contribution >= 4 is 19.8 Å². The summed E-state index contributed by atoms with van der Waals surface area (Å²) in [5.41, 5.74) is 0. The van der Waals surface area contributed by atoms with E-state index >= 15 is 0 Å². The van der Waals surface area contributed by atoms with Gasteiger partial charge in [0.1, 0.15) is 19.8 Å². The van der Waals surface area contributed by atoms with E-state index in [9.17, 15) is 19.0 Å². The number of nitrogens with zero attached hydrogens (tertiary/aromatic N) is 1. The van der Waals surface area contributed by atoms with E-state index in [2.05, 4.69) is 62.5 Å². The van der Waals surface area contributed by atoms with Gasteiger partial charge in [-0.3, -0.25) is 14.2 Å². The molecule has 0 radical (unpaired) electrons. The molecule has 0 saturated carbocycles. The number of hydrogen-bond donors (Lipinski definition) is 0. The highest BCUT2D eigenvalue weighted by molar-refractivity contribution is 7.45. The van der Waals surface area contributed by atoms with Crippen molar-refractivity contribution in [3.8, 4) is 0 Å². The molecule has 0 spiro atoms. The first kappa shape index (κ1) is 79.0. The summed E-state index contributed by atoms with van der Waals surface area (Å²) in [6, 6.07) is 0. The molecule has 2 unspecified atom stereocenters. The van der Waals surface area contributed by atoms with Crippen LogP contribution in [0.15, 0.2) is 48.6 Å². The predicted octanol–water partition coefficient (Wildman–Crippen LogP) is 21.8. The van der Waals surface area contributed by atoms with Crippen LogP contribution in [0.1, 0.15) is 341 Å². The Kier molecular flexibility index (Phi) is 60.9. The summed E-state index contributed by atoms with van der Waals surface area (Å²) in [7, 11) is 1.18. The van der Waals surface area contributed by atoms with Crippen LogP contribution in [0.3, 0.4) is 0 Å². The van der Waals surface area contributed by atoms with Gasteiger partial charge in [0, 0.05) is 12.8 Å². The maximum absolute atomic E-state index is 12.8. The molecular weight excluding hydrogens is 1030 g/mol. The minimum absolute atomic E-state index is 0.0296. The lowest BCUT2D eigenvalue weighted by atomic mass is 10.0. The van der Waals surface area contributed by atoms with Gasteiger partial charge in [0.25, 0.3) is 7.82 Å². The Morgan fingerprint density at radius 3 is 1.00 bits per heavy atom. The normalized spacial score (nSPS) is 13.4. The summed E-state index contributed by atoms with van der Waals surface area (Å²) in [5, 5.41) is 0. The molecule has 0 aliphatic carbocycles. The molecule has 0 aromatic rings. The average Bonchev–Trinajstić information content (AvgIpc) is 3.43. The molecule has 2 atom stereocenters. The Hall–Kier alpha value is -2.03. The zero-order chi connectivity index (χ0) is 59.1. The van der Waals surface area contributed by atoms with E-state index in [0.29, 0.717) is 17.4 Å². The zero-order valence-corrected chi connectivity index (χ0v) is 55.1. The molecule has 0 rings (SSSR count). The Morgan fingerprint density at radius 1 is 0.383 bits per heavy atom. The summed E-state index contributed by atoms with van der Waals surface area (Å²) in [6.07, 6.45) is 80.6. The molecule has 0 N–H and O–H groups in total. The number of rotatable bonds is 65. The van der Waals surface area contributed by atoms with Crippen molar-refractivity contribution in [2.45, 2.75) is 347 Å². The third-order valence-electron chi connectivity index (χ3n) is 15.6. The molecule has 9 nitrogen and oxygen atoms in total. The van der Waals surface area contributed by atoms with E-state index in [1.807, 2.05) is 21.1 Å². The van der Waals surface area contributed by atoms with Gasteiger partial charge in [-0.15, -0.1) is 0 Å². The predicted molar refractivity (Wildman–Crippen MR) is 347 cm³/mol. The number of allylic oxidation sites excluding steroid dienone is 8. The van der Waals surface area contributed by atoms with Crippen molar-refractivity contribution in [1.82, 2.24) is 0 Å². The zero-order valence-electron chi connectivity index (χ0n) is 54.2. The van der Waals surface area contributed by atoms with Gasteiger partial charge in [-0.05, 0) is 77.0 Å². The quantitative estimate of drug-likeness (QED) is 0.0195. The largest absolute Gasteiger partial charge is 0.756 e. The summed E-state index contributed by atoms with van der Waals surface area (Å²) >= 11 is 0. The lowest BCUT2D eigenvalue weighted by Crippen LogP contribution is -2.37. The summed E-state index contributed by atoms with van der Waals surface area (Å²) < 4.78 is 34.3. The van der Waals surface area contributed by atoms with Gasteiger partial charge in [-0.1, -0.05) is 300 Å². The molecule has 0 amide bonds. The van der Waals surface area contributed by atoms with Gasteiger partial charge in [0.05, 0.1) is 27.7 Å². The van der Waals surface area contributed by atoms with E-state index in [-0.39, 0.29) is 32.0 Å². The van der Waals surface area contributed by atoms with E-state index in [4.69, 9.17) is 18.5 Å². The molecule has 0 bridgehead atoms. The van der Waals surface area contributed by atoms with E-state index in [1.165, 1.54) is 250 Å². The van der Waals surface area contributed by atoms with Crippen molar-refractivity contribution in [1.29, 1.82) is 0 Å². The smallest absolute Gasteiger partial charge is 0.306 e. The van der Waals surface area contributed by atoms with Crippen molar-refractivity contribution in [3.63, 3.8) is 0 Å². The molecular formula is C71H134NO8P. The van der Waals surface area contributed by atoms with Crippen molar-refractivity contribution in [2.75, 3.05) is 47.5 Å². The van der Waals surface area contributed by atoms with Gasteiger partial charge in [0.2, 0.25) is 0 Å². The molecule has 0 aliphatic heterocycles. The van der Waals surface area contributed by atoms with Crippen molar-refractivity contribution < 1.29 is 42.1 Å². The van der Waals surface area contributed by atoms with E-state index < -0.39 is 26.5 Å². The van der Waals surface area contributed by atoms with Gasteiger partial charge >= 0.3 is 11.9 Å². The Labute approximate surface area is 503 Å². The molecule has 0 aromatic heterocycles. The molecule has 0 fully saturated rings. The number of hydrogen-bond acceptors (Lipinski definition) is 8. The lowest BCUT2D eigenvalue weighted by molar-refractivity contribution is -0.870. The van der Waals surface area contributed by atoms with Crippen LogP contribution in [0.2, 0.25) is 0 Å². The first-order valence-corrected chi connectivity index (χ1v) is 36.3. The molecule has 0 heterocycles. The highest BCUT2D eigenvalue weighted by atomic mass is 31.2. The number of esters is 2. The number of phosphoric acid groups is 1. The Balaban J connectivity index is 3.92. The van der Waals surface area contributed by atoms with Crippen LogP contribution in [0.25, 0.3) is 0 Å². The van der Waals surface area contributed by atoms with Crippen LogP contribution in [-0.2, 0) is 32.7 Å². The number of ether oxygens (including phenoxy) is 2. The lowest BCUT2D eigenvalue weighted by Gasteiger charge is -2.28. The fraction of sp³-hybridized carbons (Fsp3) is 0.859. The number of carbonyl (C=O) groups excluding carboxylic acids is 2. The molecule has 0 saturated heterocycles. The van der Waals surface area contributed by atoms with Crippen molar-refractivity contribution in [3.05, 3.63) is 48.6 Å². The van der Waals surface area contributed by atoms with E-state index in [0.717, 1.165) is 57.8 Å². The van der Waals surface area contributed by atoms with Gasteiger partial charge in [0.15, 0.2) is 6.10 Å². The molecule has 10 heteroatoms. The van der Waals surface area contributed by atoms with Crippen LogP contribution < -0.4 is 4.89 Å². The fourth-order valence-corrected chi connectivity index (χ4v) is 10.9. The number of likely N-dealkylation sites (N-methyl/N-ethyl adjacent to an activating group) is 1. The molecule has 81 heavy (non-hydrogen) atoms. The van der Waals surface area contributed by atoms with E-state index in [1.54, 1.807) is 0 Å². The topological polar surface area (TPSA) is 111 Å². The minimum Gasteiger partial charge on any atom is -0.756 e. The molecule has 476 valence electrons. The summed E-state index contributed by atoms with van der Waals surface area (Å²) in [5.74, 6) is -0.822. The third-order valence-corrected chi connectivity index (χ3v) is 16.5. The SMILES string of the molecule is CCCCCCC/C=C\C/C=C\C/C=C\CCCCCCCCCCCCCCCCCCCCCCCCCCC(=O)OC(COC(=O)CCCCCCCCC/C=C\CCCCCCCCC)COP(=O)([O-])OCC[N+](C)(C)C. The number of unbranched alkanes of at least 4 members (excludes halogenated alkanes) is 43. The molecule has 0 aromatic carbocycles. The first-order chi connectivity index (χ1) is 39.5. The monoisotopic (exact) mass is 1160 g/mol. The summed E-state index contributed by atoms with van der Waals surface area (Å²) in [6.45, 7) is 4.27. The maximum Gasteiger partial charge on any atom is 0.306 e. The maximum atomic E-state index is 12.8. The van der Waals surface area contributed by atoms with Gasteiger partial charge < -0.3 is 27.9 Å². The highest BCUT2D eigenvalue weighted by Crippen LogP contribution is 2.38. The minimum atomic E-state index is -4.64. The van der Waals surface area contributed by atoms with Crippen LogP contribution in [-0.4, -0.2) is 70.0 Å². The second kappa shape index (κ2) is 62.5. The Bertz CT molecular complexity index is 1510. The van der Waals surface area contributed by atoms with Crippen LogP contribution in [0.4, 0.5) is 0 Å². The fourth-order valence-electron chi connectivity index (χ4n) is 10.2. The first-order valence-electron chi connectivity index (χ1n) is 34.8. The van der Waals surface area contributed by atoms with Gasteiger partial charge in [-0.2, -0.15) is 0 Å². The number of quaternary nitrogens is 1. The second-order valence-electron chi connectivity index (χ2n) is 24.9. The Morgan fingerprint density at radius 2 is 0.667 bits per heavy atom. The average molecular weight is 1160 g/mol. The second-order valence-corrected chi connectivity index (χ2v) is 26.3. The van der Waals surface area contributed by atoms with Crippen molar-refractivity contribution in [2.24, 2.45) is 0 Å². The summed E-state index contributed by atoms with van der Waals surface area (Å²) in [4.78, 5) is 38.0. The third kappa shape index (κ3) is 67.0. The number of phosphoric ester groups is 1.